The Morgan fingerprint density at radius 1 is 1.24 bits per heavy atom. The van der Waals surface area contributed by atoms with E-state index in [0.29, 0.717) is 17.2 Å². The first-order valence-electron chi connectivity index (χ1n) is 9.46. The molecule has 0 saturated heterocycles. The normalized spacial score (nSPS) is 14.4. The molecule has 1 amide bonds. The van der Waals surface area contributed by atoms with Gasteiger partial charge in [-0.3, -0.25) is 4.79 Å². The lowest BCUT2D eigenvalue weighted by Crippen LogP contribution is -2.31. The minimum Gasteiger partial charge on any atom is -0.394 e. The third-order valence-corrected chi connectivity index (χ3v) is 4.99. The van der Waals surface area contributed by atoms with E-state index in [1.165, 1.54) is 12.1 Å². The summed E-state index contributed by atoms with van der Waals surface area (Å²) < 4.78 is 14.7. The number of halogens is 1. The van der Waals surface area contributed by atoms with Crippen LogP contribution in [0.3, 0.4) is 0 Å². The van der Waals surface area contributed by atoms with Gasteiger partial charge in [-0.15, -0.1) is 0 Å². The molecule has 29 heavy (non-hydrogen) atoms. The number of nitrogens with zero attached hydrogens (tertiary/aromatic N) is 2. The summed E-state index contributed by atoms with van der Waals surface area (Å²) in [5, 5.41) is 12.3. The Morgan fingerprint density at radius 3 is 2.66 bits per heavy atom. The number of benzene rings is 2. The number of nitrogen functional groups attached to an aromatic ring is 1. The monoisotopic (exact) mass is 392 g/mol. The van der Waals surface area contributed by atoms with Crippen molar-refractivity contribution in [3.8, 4) is 11.3 Å². The summed E-state index contributed by atoms with van der Waals surface area (Å²) in [5.74, 6) is -0.689. The molecule has 1 aliphatic rings. The van der Waals surface area contributed by atoms with Crippen LogP contribution in [0, 0.1) is 5.82 Å². The van der Waals surface area contributed by atoms with Crippen LogP contribution in [0.4, 0.5) is 10.2 Å². The molecule has 3 aromatic rings. The highest BCUT2D eigenvalue weighted by Crippen LogP contribution is 2.39. The van der Waals surface area contributed by atoms with Crippen LogP contribution < -0.4 is 11.1 Å². The van der Waals surface area contributed by atoms with Crippen LogP contribution in [-0.4, -0.2) is 27.6 Å². The van der Waals surface area contributed by atoms with E-state index < -0.39 is 17.8 Å². The van der Waals surface area contributed by atoms with Gasteiger partial charge in [0.05, 0.1) is 30.1 Å². The van der Waals surface area contributed by atoms with Crippen molar-refractivity contribution >= 4 is 11.7 Å². The summed E-state index contributed by atoms with van der Waals surface area (Å²) in [7, 11) is 0. The Hall–Kier alpha value is -3.32. The number of carbonyl (C=O) groups is 1. The van der Waals surface area contributed by atoms with E-state index in [9.17, 15) is 14.3 Å². The van der Waals surface area contributed by atoms with Gasteiger partial charge in [-0.05, 0) is 30.5 Å². The van der Waals surface area contributed by atoms with E-state index in [0.717, 1.165) is 24.1 Å². The number of nitrogens with two attached hydrogens (primary N) is 1. The van der Waals surface area contributed by atoms with Gasteiger partial charge < -0.3 is 16.2 Å². The Labute approximate surface area is 167 Å². The number of aromatic nitrogens is 2. The zero-order valence-electron chi connectivity index (χ0n) is 15.7. The van der Waals surface area contributed by atoms with E-state index in [-0.39, 0.29) is 18.0 Å². The fourth-order valence-electron chi connectivity index (χ4n) is 3.20. The lowest BCUT2D eigenvalue weighted by atomic mass is 10.0. The van der Waals surface area contributed by atoms with Crippen LogP contribution in [0.2, 0.25) is 0 Å². The molecular formula is C22H21FN4O2. The van der Waals surface area contributed by atoms with Gasteiger partial charge in [0, 0.05) is 11.5 Å². The van der Waals surface area contributed by atoms with Gasteiger partial charge in [0.15, 0.2) is 0 Å². The molecular weight excluding hydrogens is 371 g/mol. The van der Waals surface area contributed by atoms with E-state index in [2.05, 4.69) is 15.3 Å². The molecule has 1 fully saturated rings. The summed E-state index contributed by atoms with van der Waals surface area (Å²) in [6, 6.07) is 12.6. The maximum absolute atomic E-state index is 14.7. The molecule has 0 bridgehead atoms. The lowest BCUT2D eigenvalue weighted by molar-refractivity contribution is 0.0912. The molecule has 6 nitrogen and oxygen atoms in total. The molecule has 148 valence electrons. The van der Waals surface area contributed by atoms with Crippen LogP contribution in [-0.2, 0) is 0 Å². The van der Waals surface area contributed by atoms with Gasteiger partial charge in [-0.2, -0.15) is 0 Å². The van der Waals surface area contributed by atoms with Gasteiger partial charge in [0.1, 0.15) is 17.3 Å². The average molecular weight is 392 g/mol. The topological polar surface area (TPSA) is 101 Å². The number of hydrogen-bond acceptors (Lipinski definition) is 5. The Morgan fingerprint density at radius 2 is 2.00 bits per heavy atom. The zero-order chi connectivity index (χ0) is 20.4. The van der Waals surface area contributed by atoms with Gasteiger partial charge in [0.2, 0.25) is 0 Å². The first-order valence-corrected chi connectivity index (χ1v) is 9.46. The second-order valence-corrected chi connectivity index (χ2v) is 7.12. The molecule has 1 saturated carbocycles. The highest BCUT2D eigenvalue weighted by atomic mass is 19.1. The number of carbonyl (C=O) groups excluding carboxylic acids is 1. The second-order valence-electron chi connectivity index (χ2n) is 7.12. The van der Waals surface area contributed by atoms with Crippen LogP contribution in [0.1, 0.15) is 46.4 Å². The Balaban J connectivity index is 1.57. The predicted molar refractivity (Wildman–Crippen MR) is 108 cm³/mol. The first kappa shape index (κ1) is 19.0. The van der Waals surface area contributed by atoms with E-state index in [1.54, 1.807) is 36.5 Å². The van der Waals surface area contributed by atoms with E-state index in [1.807, 2.05) is 6.07 Å². The number of aliphatic hydroxyl groups excluding tert-OH is 1. The van der Waals surface area contributed by atoms with Crippen molar-refractivity contribution in [1.82, 2.24) is 15.3 Å². The van der Waals surface area contributed by atoms with Crippen LogP contribution in [0.25, 0.3) is 11.3 Å². The standard InChI is InChI=1S/C22H21FN4O2/c23-17-10-15(20-21(24)25-11-18(26-20)14-6-7-14)8-9-16(17)22(29)27-19(12-28)13-4-2-1-3-5-13/h1-5,8-11,14,19,28H,6-7,12H2,(H2,24,25)(H,27,29). The van der Waals surface area contributed by atoms with E-state index >= 15 is 0 Å². The summed E-state index contributed by atoms with van der Waals surface area (Å²) in [5.41, 5.74) is 8.29. The number of aliphatic hydroxyl groups is 1. The maximum atomic E-state index is 14.7. The number of nitrogens with one attached hydrogen (secondary N) is 1. The van der Waals surface area contributed by atoms with Crippen molar-refractivity contribution in [1.29, 1.82) is 0 Å². The van der Waals surface area contributed by atoms with Crippen LogP contribution >= 0.6 is 0 Å². The molecule has 1 heterocycles. The fraction of sp³-hybridized carbons (Fsp3) is 0.227. The Bertz CT molecular complexity index is 1040. The molecule has 0 spiro atoms. The minimum atomic E-state index is -0.692. The fourth-order valence-corrected chi connectivity index (χ4v) is 3.20. The number of amides is 1. The molecule has 1 aliphatic carbocycles. The summed E-state index contributed by atoms with van der Waals surface area (Å²) in [6.45, 7) is -0.296. The predicted octanol–water partition coefficient (Wildman–Crippen LogP) is 3.21. The average Bonchev–Trinajstić information content (AvgIpc) is 3.58. The molecule has 4 N–H and O–H groups in total. The van der Waals surface area contributed by atoms with Crippen molar-refractivity contribution < 1.29 is 14.3 Å². The highest BCUT2D eigenvalue weighted by Gasteiger charge is 2.26. The minimum absolute atomic E-state index is 0.118. The molecule has 2 aromatic carbocycles. The highest BCUT2D eigenvalue weighted by molar-refractivity contribution is 5.95. The quantitative estimate of drug-likeness (QED) is 0.598. The van der Waals surface area contributed by atoms with E-state index in [4.69, 9.17) is 5.73 Å². The summed E-state index contributed by atoms with van der Waals surface area (Å²) >= 11 is 0. The van der Waals surface area contributed by atoms with Gasteiger partial charge in [-0.25, -0.2) is 14.4 Å². The van der Waals surface area contributed by atoms with Crippen LogP contribution in [0.15, 0.2) is 54.7 Å². The number of rotatable bonds is 6. The van der Waals surface area contributed by atoms with Gasteiger partial charge >= 0.3 is 0 Å². The van der Waals surface area contributed by atoms with Crippen molar-refractivity contribution in [3.63, 3.8) is 0 Å². The zero-order valence-corrected chi connectivity index (χ0v) is 15.7. The summed E-state index contributed by atoms with van der Waals surface area (Å²) in [4.78, 5) is 21.3. The Kier molecular flexibility index (Phi) is 5.22. The molecule has 1 aromatic heterocycles. The van der Waals surface area contributed by atoms with Crippen molar-refractivity contribution in [2.24, 2.45) is 0 Å². The largest absolute Gasteiger partial charge is 0.394 e. The smallest absolute Gasteiger partial charge is 0.254 e. The van der Waals surface area contributed by atoms with Gasteiger partial charge in [0.25, 0.3) is 5.91 Å². The molecule has 1 unspecified atom stereocenters. The second kappa shape index (κ2) is 7.97. The third kappa shape index (κ3) is 4.09. The lowest BCUT2D eigenvalue weighted by Gasteiger charge is -2.17. The maximum Gasteiger partial charge on any atom is 0.254 e. The van der Waals surface area contributed by atoms with Gasteiger partial charge in [-0.1, -0.05) is 36.4 Å². The third-order valence-electron chi connectivity index (χ3n) is 4.99. The molecule has 0 radical (unpaired) electrons. The summed E-state index contributed by atoms with van der Waals surface area (Å²) in [6.07, 6.45) is 3.80. The van der Waals surface area contributed by atoms with Crippen molar-refractivity contribution in [2.75, 3.05) is 12.3 Å². The number of anilines is 1. The molecule has 7 heteroatoms. The molecule has 0 aliphatic heterocycles. The SMILES string of the molecule is Nc1ncc(C2CC2)nc1-c1ccc(C(=O)NC(CO)c2ccccc2)c(F)c1. The van der Waals surface area contributed by atoms with Crippen molar-refractivity contribution in [2.45, 2.75) is 24.8 Å². The number of hydrogen-bond donors (Lipinski definition) is 3. The van der Waals surface area contributed by atoms with Crippen LogP contribution in [0.5, 0.6) is 0 Å². The molecule has 4 rings (SSSR count). The first-order chi connectivity index (χ1) is 14.1. The molecule has 1 atom stereocenters. The van der Waals surface area contributed by atoms with Crippen molar-refractivity contribution in [3.05, 3.63) is 77.4 Å².